The molecule has 1 aromatic carbocycles. The topological polar surface area (TPSA) is 75.5 Å². The summed E-state index contributed by atoms with van der Waals surface area (Å²) in [6.45, 7) is 0. The van der Waals surface area contributed by atoms with Crippen molar-refractivity contribution in [1.29, 1.82) is 0 Å². The van der Waals surface area contributed by atoms with Crippen LogP contribution in [0.1, 0.15) is 18.0 Å². The number of hydrogen-bond donors (Lipinski definition) is 1. The smallest absolute Gasteiger partial charge is 0.417 e. The summed E-state index contributed by atoms with van der Waals surface area (Å²) in [6.07, 6.45) is 0.247. The van der Waals surface area contributed by atoms with Gasteiger partial charge >= 0.3 is 11.7 Å². The maximum atomic E-state index is 11.4. The molecule has 1 atom stereocenters. The Morgan fingerprint density at radius 1 is 1.47 bits per heavy atom. The van der Waals surface area contributed by atoms with Gasteiger partial charge in [0, 0.05) is 6.04 Å². The van der Waals surface area contributed by atoms with Crippen LogP contribution in [0.15, 0.2) is 27.4 Å². The quantitative estimate of drug-likeness (QED) is 0.842. The molecule has 0 saturated carbocycles. The van der Waals surface area contributed by atoms with Crippen LogP contribution in [0.25, 0.3) is 11.1 Å². The molecule has 6 nitrogen and oxygen atoms in total. The monoisotopic (exact) mass is 264 g/mol. The minimum atomic E-state index is -0.485. The molecule has 102 valence electrons. The first-order valence-corrected chi connectivity index (χ1v) is 5.87. The summed E-state index contributed by atoms with van der Waals surface area (Å²) < 4.78 is 9.65. The molecule has 19 heavy (non-hydrogen) atoms. The number of rotatable bonds is 4. The van der Waals surface area contributed by atoms with E-state index in [4.69, 9.17) is 9.15 Å². The van der Waals surface area contributed by atoms with Crippen LogP contribution in [0.5, 0.6) is 0 Å². The summed E-state index contributed by atoms with van der Waals surface area (Å²) in [5.74, 6) is -0.763. The molecule has 1 N–H and O–H groups in total. The number of ether oxygens (including phenoxy) is 1. The van der Waals surface area contributed by atoms with Crippen LogP contribution in [-0.4, -0.2) is 37.1 Å². The average Bonchev–Trinajstić information content (AvgIpc) is 2.74. The number of nitrogens with one attached hydrogen (secondary N) is 1. The van der Waals surface area contributed by atoms with Crippen molar-refractivity contribution in [2.75, 3.05) is 21.2 Å². The molecule has 0 aliphatic rings. The van der Waals surface area contributed by atoms with Crippen molar-refractivity contribution in [2.24, 2.45) is 0 Å². The van der Waals surface area contributed by atoms with Crippen molar-refractivity contribution in [3.8, 4) is 0 Å². The van der Waals surface area contributed by atoms with Crippen molar-refractivity contribution in [3.05, 3.63) is 34.3 Å². The van der Waals surface area contributed by atoms with Crippen molar-refractivity contribution >= 4 is 17.1 Å². The van der Waals surface area contributed by atoms with Crippen LogP contribution in [0, 0.1) is 0 Å². The molecule has 2 rings (SSSR count). The number of oxazole rings is 1. The molecule has 0 aliphatic carbocycles. The maximum absolute atomic E-state index is 11.4. The number of esters is 1. The predicted octanol–water partition coefficient (Wildman–Crippen LogP) is 1.29. The van der Waals surface area contributed by atoms with Crippen LogP contribution in [0.3, 0.4) is 0 Å². The van der Waals surface area contributed by atoms with E-state index in [0.717, 1.165) is 5.56 Å². The molecule has 2 aromatic rings. The fraction of sp³-hybridized carbons (Fsp3) is 0.385. The second-order valence-corrected chi connectivity index (χ2v) is 4.53. The van der Waals surface area contributed by atoms with E-state index in [-0.39, 0.29) is 18.4 Å². The van der Waals surface area contributed by atoms with Gasteiger partial charge in [-0.3, -0.25) is 9.78 Å². The van der Waals surface area contributed by atoms with E-state index in [0.29, 0.717) is 11.1 Å². The van der Waals surface area contributed by atoms with Crippen LogP contribution < -0.4 is 5.76 Å². The minimum absolute atomic E-state index is 0.116. The molecule has 1 aromatic heterocycles. The number of nitrogens with zero attached hydrogens (tertiary/aromatic N) is 1. The number of methoxy groups -OCH3 is 1. The first-order valence-electron chi connectivity index (χ1n) is 5.87. The summed E-state index contributed by atoms with van der Waals surface area (Å²) in [7, 11) is 5.14. The third-order valence-electron chi connectivity index (χ3n) is 3.04. The summed E-state index contributed by atoms with van der Waals surface area (Å²) in [5, 5.41) is 0. The molecule has 0 bridgehead atoms. The van der Waals surface area contributed by atoms with E-state index in [2.05, 4.69) is 4.98 Å². The van der Waals surface area contributed by atoms with Crippen molar-refractivity contribution in [1.82, 2.24) is 9.88 Å². The van der Waals surface area contributed by atoms with Gasteiger partial charge in [0.1, 0.15) is 0 Å². The summed E-state index contributed by atoms with van der Waals surface area (Å²) >= 11 is 0. The van der Waals surface area contributed by atoms with E-state index in [1.807, 2.05) is 31.1 Å². The molecule has 0 amide bonds. The standard InChI is InChI=1S/C13H16N2O4/c1-15(2)10(7-12(16)18-3)8-4-5-11-9(6-8)14-13(17)19-11/h4-6,10H,7H2,1-3H3,(H,14,17). The summed E-state index contributed by atoms with van der Waals surface area (Å²) in [5.41, 5.74) is 2.04. The molecular weight excluding hydrogens is 248 g/mol. The Bertz CT molecular complexity index is 641. The van der Waals surface area contributed by atoms with Gasteiger partial charge in [0.2, 0.25) is 0 Å². The van der Waals surface area contributed by atoms with E-state index in [1.165, 1.54) is 7.11 Å². The molecule has 1 unspecified atom stereocenters. The lowest BCUT2D eigenvalue weighted by Gasteiger charge is -2.23. The number of carbonyl (C=O) groups is 1. The van der Waals surface area contributed by atoms with Gasteiger partial charge < -0.3 is 14.1 Å². The molecule has 0 spiro atoms. The molecule has 1 heterocycles. The Kier molecular flexibility index (Phi) is 3.71. The first kappa shape index (κ1) is 13.4. The second kappa shape index (κ2) is 5.27. The highest BCUT2D eigenvalue weighted by molar-refractivity contribution is 5.74. The highest BCUT2D eigenvalue weighted by Crippen LogP contribution is 2.25. The average molecular weight is 264 g/mol. The number of aromatic nitrogens is 1. The first-order chi connectivity index (χ1) is 9.01. The van der Waals surface area contributed by atoms with E-state index in [9.17, 15) is 9.59 Å². The molecule has 0 fully saturated rings. The molecular formula is C13H16N2O4. The van der Waals surface area contributed by atoms with Gasteiger partial charge in [-0.15, -0.1) is 0 Å². The molecule has 0 radical (unpaired) electrons. The zero-order valence-electron chi connectivity index (χ0n) is 11.1. The van der Waals surface area contributed by atoms with Gasteiger partial charge in [-0.2, -0.15) is 0 Å². The maximum Gasteiger partial charge on any atom is 0.417 e. The van der Waals surface area contributed by atoms with E-state index in [1.54, 1.807) is 6.07 Å². The van der Waals surface area contributed by atoms with E-state index < -0.39 is 5.76 Å². The Balaban J connectivity index is 2.38. The largest absolute Gasteiger partial charge is 0.469 e. The number of aromatic amines is 1. The predicted molar refractivity (Wildman–Crippen MR) is 69.9 cm³/mol. The SMILES string of the molecule is COC(=O)CC(c1ccc2oc(=O)[nH]c2c1)N(C)C. The number of carbonyl (C=O) groups excluding carboxylic acids is 1. The highest BCUT2D eigenvalue weighted by atomic mass is 16.5. The minimum Gasteiger partial charge on any atom is -0.469 e. The third-order valence-corrected chi connectivity index (χ3v) is 3.04. The fourth-order valence-electron chi connectivity index (χ4n) is 2.02. The Labute approximate surface area is 110 Å². The molecule has 0 aliphatic heterocycles. The van der Waals surface area contributed by atoms with Gasteiger partial charge in [-0.25, -0.2) is 4.79 Å². The van der Waals surface area contributed by atoms with Crippen LogP contribution in [0.2, 0.25) is 0 Å². The Morgan fingerprint density at radius 3 is 2.84 bits per heavy atom. The normalized spacial score (nSPS) is 12.8. The summed E-state index contributed by atoms with van der Waals surface area (Å²) in [4.78, 5) is 27.1. The van der Waals surface area contributed by atoms with Crippen molar-refractivity contribution in [3.63, 3.8) is 0 Å². The molecule has 6 heteroatoms. The lowest BCUT2D eigenvalue weighted by atomic mass is 10.0. The lowest BCUT2D eigenvalue weighted by Crippen LogP contribution is -2.23. The third kappa shape index (κ3) is 2.85. The van der Waals surface area contributed by atoms with Crippen LogP contribution in [-0.2, 0) is 9.53 Å². The second-order valence-electron chi connectivity index (χ2n) is 4.53. The highest BCUT2D eigenvalue weighted by Gasteiger charge is 2.19. The van der Waals surface area contributed by atoms with Gasteiger partial charge in [0.15, 0.2) is 5.58 Å². The Morgan fingerprint density at radius 2 is 2.21 bits per heavy atom. The van der Waals surface area contributed by atoms with Crippen molar-refractivity contribution < 1.29 is 13.9 Å². The molecule has 0 saturated heterocycles. The van der Waals surface area contributed by atoms with Gasteiger partial charge in [-0.1, -0.05) is 6.07 Å². The van der Waals surface area contributed by atoms with Crippen LogP contribution in [0.4, 0.5) is 0 Å². The van der Waals surface area contributed by atoms with Gasteiger partial charge in [0.05, 0.1) is 19.0 Å². The zero-order chi connectivity index (χ0) is 14.0. The number of H-pyrrole nitrogens is 1. The van der Waals surface area contributed by atoms with Crippen molar-refractivity contribution in [2.45, 2.75) is 12.5 Å². The number of fused-ring (bicyclic) bond motifs is 1. The van der Waals surface area contributed by atoms with Gasteiger partial charge in [0.25, 0.3) is 0 Å². The number of benzene rings is 1. The zero-order valence-corrected chi connectivity index (χ0v) is 11.1. The number of hydrogen-bond acceptors (Lipinski definition) is 5. The lowest BCUT2D eigenvalue weighted by molar-refractivity contribution is -0.141. The summed E-state index contributed by atoms with van der Waals surface area (Å²) in [6, 6.07) is 5.26. The van der Waals surface area contributed by atoms with E-state index >= 15 is 0 Å². The van der Waals surface area contributed by atoms with Gasteiger partial charge in [-0.05, 0) is 31.8 Å². The fourth-order valence-corrected chi connectivity index (χ4v) is 2.02. The Hall–Kier alpha value is -2.08. The van der Waals surface area contributed by atoms with Crippen LogP contribution >= 0.6 is 0 Å².